The molecular weight excluding hydrogens is 857 g/mol. The Hall–Kier alpha value is -6.94. The molecule has 324 valence electrons. The molecule has 0 unspecified atom stereocenters. The Morgan fingerprint density at radius 2 is 0.636 bits per heavy atom. The Balaban J connectivity index is 0.877. The van der Waals surface area contributed by atoms with Crippen LogP contribution in [0.25, 0.3) is 65.3 Å². The van der Waals surface area contributed by atoms with E-state index in [1.807, 2.05) is 36.4 Å². The zero-order valence-electron chi connectivity index (χ0n) is 35.9. The molecule has 0 saturated carbocycles. The topological polar surface area (TPSA) is 77.4 Å². The van der Waals surface area contributed by atoms with Crippen LogP contribution >= 0.6 is 23.5 Å². The molecular formula is C58H44O6S2. The SMILES string of the molecule is OCCOc1ccc2ccccc2c1-c1c(OCc2ccc3c(c2)Sc2cc(COc4ccc5ccccc5c4-c4c(OCCO)ccc5ccccc45)ccc2S3)ccc2ccccc12. The highest BCUT2D eigenvalue weighted by Gasteiger charge is 2.23. The van der Waals surface area contributed by atoms with E-state index in [4.69, 9.17) is 18.9 Å². The first-order valence-corrected chi connectivity index (χ1v) is 23.7. The minimum atomic E-state index is -0.0811. The van der Waals surface area contributed by atoms with Gasteiger partial charge in [0.2, 0.25) is 0 Å². The van der Waals surface area contributed by atoms with Crippen LogP contribution in [0.1, 0.15) is 11.1 Å². The summed E-state index contributed by atoms with van der Waals surface area (Å²) in [5.74, 6) is 2.93. The number of fused-ring (bicyclic) bond motifs is 6. The molecule has 0 fully saturated rings. The maximum absolute atomic E-state index is 9.72. The Labute approximate surface area is 391 Å². The van der Waals surface area contributed by atoms with Gasteiger partial charge in [-0.1, -0.05) is 157 Å². The van der Waals surface area contributed by atoms with Crippen molar-refractivity contribution in [2.45, 2.75) is 32.8 Å². The molecule has 11 rings (SSSR count). The molecule has 0 aromatic heterocycles. The third-order valence-electron chi connectivity index (χ3n) is 12.0. The fourth-order valence-corrected chi connectivity index (χ4v) is 11.3. The lowest BCUT2D eigenvalue weighted by Gasteiger charge is -2.22. The second-order valence-electron chi connectivity index (χ2n) is 16.1. The number of benzene rings is 10. The molecule has 1 heterocycles. The molecule has 0 saturated heterocycles. The lowest BCUT2D eigenvalue weighted by atomic mass is 9.92. The minimum absolute atomic E-state index is 0.0811. The number of rotatable bonds is 14. The van der Waals surface area contributed by atoms with Crippen LogP contribution in [-0.4, -0.2) is 36.6 Å². The van der Waals surface area contributed by atoms with Crippen molar-refractivity contribution in [2.75, 3.05) is 26.4 Å². The quantitative estimate of drug-likeness (QED) is 0.112. The van der Waals surface area contributed by atoms with E-state index >= 15 is 0 Å². The Morgan fingerprint density at radius 3 is 0.985 bits per heavy atom. The highest BCUT2D eigenvalue weighted by Crippen LogP contribution is 2.51. The number of hydrogen-bond acceptors (Lipinski definition) is 8. The summed E-state index contributed by atoms with van der Waals surface area (Å²) in [6, 6.07) is 63.0. The summed E-state index contributed by atoms with van der Waals surface area (Å²) < 4.78 is 26.0. The van der Waals surface area contributed by atoms with E-state index in [-0.39, 0.29) is 26.4 Å². The minimum Gasteiger partial charge on any atom is -0.491 e. The largest absolute Gasteiger partial charge is 0.491 e. The Bertz CT molecular complexity index is 3210. The summed E-state index contributed by atoms with van der Waals surface area (Å²) in [5, 5.41) is 28.1. The maximum Gasteiger partial charge on any atom is 0.128 e. The molecule has 6 nitrogen and oxygen atoms in total. The summed E-state index contributed by atoms with van der Waals surface area (Å²) in [4.78, 5) is 4.79. The van der Waals surface area contributed by atoms with E-state index in [1.165, 1.54) is 19.6 Å². The predicted molar refractivity (Wildman–Crippen MR) is 269 cm³/mol. The van der Waals surface area contributed by atoms with Crippen LogP contribution in [0.5, 0.6) is 23.0 Å². The van der Waals surface area contributed by atoms with E-state index in [2.05, 4.69) is 146 Å². The van der Waals surface area contributed by atoms with Gasteiger partial charge >= 0.3 is 0 Å². The second kappa shape index (κ2) is 18.5. The van der Waals surface area contributed by atoms with Crippen molar-refractivity contribution in [2.24, 2.45) is 0 Å². The third kappa shape index (κ3) is 8.07. The van der Waals surface area contributed by atoms with Crippen molar-refractivity contribution in [3.8, 4) is 45.3 Å². The van der Waals surface area contributed by atoms with E-state index in [0.29, 0.717) is 24.7 Å². The summed E-state index contributed by atoms with van der Waals surface area (Å²) >= 11 is 3.56. The molecule has 2 N–H and O–H groups in total. The highest BCUT2D eigenvalue weighted by molar-refractivity contribution is 8.05. The number of hydrogen-bond donors (Lipinski definition) is 2. The maximum atomic E-state index is 9.72. The zero-order valence-corrected chi connectivity index (χ0v) is 37.5. The van der Waals surface area contributed by atoms with Gasteiger partial charge in [0.15, 0.2) is 0 Å². The summed E-state index contributed by atoms with van der Waals surface area (Å²) in [6.45, 7) is 0.967. The monoisotopic (exact) mass is 900 g/mol. The Morgan fingerprint density at radius 1 is 0.318 bits per heavy atom. The number of aliphatic hydroxyl groups excluding tert-OH is 2. The van der Waals surface area contributed by atoms with Crippen molar-refractivity contribution in [1.29, 1.82) is 0 Å². The van der Waals surface area contributed by atoms with Crippen LogP contribution in [0, 0.1) is 0 Å². The van der Waals surface area contributed by atoms with E-state index in [1.54, 1.807) is 23.5 Å². The van der Waals surface area contributed by atoms with Crippen molar-refractivity contribution >= 4 is 66.6 Å². The number of ether oxygens (including phenoxy) is 4. The molecule has 0 aliphatic carbocycles. The first kappa shape index (κ1) is 41.7. The molecule has 1 aliphatic heterocycles. The first-order chi connectivity index (χ1) is 32.6. The normalized spacial score (nSPS) is 12.0. The van der Waals surface area contributed by atoms with Crippen LogP contribution in [-0.2, 0) is 13.2 Å². The fraction of sp³-hybridized carbons (Fsp3) is 0.103. The standard InChI is InChI=1S/C58H44O6S2/c59-29-31-61-47-23-19-39-9-1-5-13-43(39)55(47)57-45-15-7-3-11-41(45)21-25-49(57)63-35-37-17-27-51-53(33-37)66-54-34-38(18-28-52(54)65-51)36-64-50-26-22-42-12-4-8-16-46(42)58(50)56-44-14-6-2-10-40(44)20-24-48(56)62-32-30-60/h1-28,33-34,59-60H,29-32,35-36H2. The predicted octanol–water partition coefficient (Wildman–Crippen LogP) is 14.1. The molecule has 0 bridgehead atoms. The van der Waals surface area contributed by atoms with Crippen LogP contribution < -0.4 is 18.9 Å². The van der Waals surface area contributed by atoms with Gasteiger partial charge in [0, 0.05) is 41.8 Å². The van der Waals surface area contributed by atoms with Gasteiger partial charge < -0.3 is 29.2 Å². The van der Waals surface area contributed by atoms with Crippen LogP contribution in [0.3, 0.4) is 0 Å². The molecule has 0 spiro atoms. The highest BCUT2D eigenvalue weighted by atomic mass is 32.2. The van der Waals surface area contributed by atoms with E-state index in [0.717, 1.165) is 88.0 Å². The molecule has 1 aliphatic rings. The molecule has 10 aromatic rings. The first-order valence-electron chi connectivity index (χ1n) is 22.1. The fourth-order valence-electron chi connectivity index (χ4n) is 9.00. The van der Waals surface area contributed by atoms with Gasteiger partial charge in [0.25, 0.3) is 0 Å². The van der Waals surface area contributed by atoms with Gasteiger partial charge in [-0.25, -0.2) is 0 Å². The van der Waals surface area contributed by atoms with E-state index < -0.39 is 0 Å². The smallest absolute Gasteiger partial charge is 0.128 e. The van der Waals surface area contributed by atoms with Gasteiger partial charge in [-0.15, -0.1) is 0 Å². The van der Waals surface area contributed by atoms with Crippen molar-refractivity contribution in [3.05, 3.63) is 193 Å². The lowest BCUT2D eigenvalue weighted by molar-refractivity contribution is 0.202. The molecule has 0 amide bonds. The third-order valence-corrected chi connectivity index (χ3v) is 14.5. The van der Waals surface area contributed by atoms with Crippen molar-refractivity contribution in [1.82, 2.24) is 0 Å². The summed E-state index contributed by atoms with van der Waals surface area (Å²) in [7, 11) is 0. The lowest BCUT2D eigenvalue weighted by Crippen LogP contribution is -2.04. The summed E-state index contributed by atoms with van der Waals surface area (Å²) in [5.41, 5.74) is 5.96. The Kier molecular flexibility index (Phi) is 11.7. The van der Waals surface area contributed by atoms with Gasteiger partial charge in [0.05, 0.1) is 13.2 Å². The number of aliphatic hydroxyl groups is 2. The van der Waals surface area contributed by atoms with Crippen molar-refractivity contribution < 1.29 is 29.2 Å². The van der Waals surface area contributed by atoms with Crippen LogP contribution in [0.4, 0.5) is 0 Å². The molecule has 8 heteroatoms. The molecule has 66 heavy (non-hydrogen) atoms. The summed E-state index contributed by atoms with van der Waals surface area (Å²) in [6.07, 6.45) is 0. The van der Waals surface area contributed by atoms with Crippen LogP contribution in [0.15, 0.2) is 202 Å². The average Bonchev–Trinajstić information content (AvgIpc) is 3.37. The molecule has 0 atom stereocenters. The molecule has 0 radical (unpaired) electrons. The second-order valence-corrected chi connectivity index (χ2v) is 18.3. The average molecular weight is 901 g/mol. The van der Waals surface area contributed by atoms with Gasteiger partial charge in [-0.2, -0.15) is 0 Å². The van der Waals surface area contributed by atoms with Gasteiger partial charge in [-0.3, -0.25) is 0 Å². The zero-order chi connectivity index (χ0) is 44.4. The molecule has 10 aromatic carbocycles. The van der Waals surface area contributed by atoms with Gasteiger partial charge in [0.1, 0.15) is 49.4 Å². The van der Waals surface area contributed by atoms with Gasteiger partial charge in [-0.05, 0) is 103 Å². The van der Waals surface area contributed by atoms with Crippen LogP contribution in [0.2, 0.25) is 0 Å². The van der Waals surface area contributed by atoms with Crippen molar-refractivity contribution in [3.63, 3.8) is 0 Å². The van der Waals surface area contributed by atoms with E-state index in [9.17, 15) is 10.2 Å².